The van der Waals surface area contributed by atoms with E-state index in [4.69, 9.17) is 9.15 Å². The molecule has 0 radical (unpaired) electrons. The number of Topliss-reactive ketones (excluding diaryl/α,β-unsaturated/α-hetero) is 1. The van der Waals surface area contributed by atoms with Gasteiger partial charge in [0, 0.05) is 24.7 Å². The van der Waals surface area contributed by atoms with E-state index >= 15 is 0 Å². The minimum absolute atomic E-state index is 0.156. The predicted octanol–water partition coefficient (Wildman–Crippen LogP) is 2.59. The van der Waals surface area contributed by atoms with Crippen LogP contribution in [0.3, 0.4) is 0 Å². The van der Waals surface area contributed by atoms with Crippen LogP contribution in [-0.4, -0.2) is 34.1 Å². The van der Waals surface area contributed by atoms with E-state index < -0.39 is 23.0 Å². The van der Waals surface area contributed by atoms with Crippen molar-refractivity contribution in [2.45, 2.75) is 19.5 Å². The van der Waals surface area contributed by atoms with Crippen LogP contribution in [0.1, 0.15) is 27.9 Å². The number of carbonyl (C=O) groups is 1. The number of nitrogens with one attached hydrogen (secondary N) is 1. The zero-order chi connectivity index (χ0) is 24.2. The van der Waals surface area contributed by atoms with E-state index in [1.807, 2.05) is 0 Å². The third-order valence-electron chi connectivity index (χ3n) is 5.40. The Bertz CT molecular complexity index is 1460. The average Bonchev–Trinajstić information content (AvgIpc) is 2.85. The molecule has 2 N–H and O–H groups in total. The number of rotatable bonds is 8. The second-order valence-electron chi connectivity index (χ2n) is 7.67. The molecule has 0 fully saturated rings. The van der Waals surface area contributed by atoms with Gasteiger partial charge in [0.2, 0.25) is 11.2 Å². The monoisotopic (exact) mass is 461 g/mol. The van der Waals surface area contributed by atoms with Crippen molar-refractivity contribution in [1.29, 1.82) is 0 Å². The van der Waals surface area contributed by atoms with Gasteiger partial charge in [-0.15, -0.1) is 0 Å². The Balaban J connectivity index is 1.63. The van der Waals surface area contributed by atoms with E-state index in [1.54, 1.807) is 55.5 Å². The Morgan fingerprint density at radius 2 is 1.91 bits per heavy atom. The first-order valence-corrected chi connectivity index (χ1v) is 10.6. The summed E-state index contributed by atoms with van der Waals surface area (Å²) in [5, 5.41) is 13.9. The molecule has 2 aromatic heterocycles. The zero-order valence-electron chi connectivity index (χ0n) is 18.6. The molecule has 4 rings (SSSR count). The standard InChI is InChI=1S/C25H23N3O6/c1-15-13-20(29)23(31)24(34-15)21(22(30)16-7-9-17(33-2)10-8-16)26-11-12-28-14-27-19-6-4-3-5-18(19)25(28)32/h3-10,13-14,21,26,31H,11-12H2,1-2H3. The summed E-state index contributed by atoms with van der Waals surface area (Å²) in [7, 11) is 1.52. The van der Waals surface area contributed by atoms with Gasteiger partial charge in [-0.2, -0.15) is 0 Å². The van der Waals surface area contributed by atoms with Crippen LogP contribution in [0.15, 0.2) is 74.9 Å². The van der Waals surface area contributed by atoms with Crippen LogP contribution in [0.25, 0.3) is 10.9 Å². The fourth-order valence-corrected chi connectivity index (χ4v) is 3.64. The third-order valence-corrected chi connectivity index (χ3v) is 5.40. The van der Waals surface area contributed by atoms with Crippen LogP contribution in [0.4, 0.5) is 0 Å². The summed E-state index contributed by atoms with van der Waals surface area (Å²) in [6.45, 7) is 1.91. The Kier molecular flexibility index (Phi) is 6.55. The van der Waals surface area contributed by atoms with E-state index in [-0.39, 0.29) is 30.2 Å². The zero-order valence-corrected chi connectivity index (χ0v) is 18.6. The Morgan fingerprint density at radius 3 is 2.65 bits per heavy atom. The lowest BCUT2D eigenvalue weighted by Gasteiger charge is -2.19. The van der Waals surface area contributed by atoms with Gasteiger partial charge in [-0.25, -0.2) is 4.98 Å². The molecule has 2 heterocycles. The molecule has 174 valence electrons. The number of ketones is 1. The van der Waals surface area contributed by atoms with Crippen molar-refractivity contribution in [2.24, 2.45) is 0 Å². The van der Waals surface area contributed by atoms with Crippen molar-refractivity contribution in [3.05, 3.63) is 98.6 Å². The molecule has 1 atom stereocenters. The Morgan fingerprint density at radius 1 is 1.18 bits per heavy atom. The summed E-state index contributed by atoms with van der Waals surface area (Å²) in [4.78, 5) is 42.5. The van der Waals surface area contributed by atoms with Crippen LogP contribution in [-0.2, 0) is 6.54 Å². The van der Waals surface area contributed by atoms with Crippen LogP contribution >= 0.6 is 0 Å². The summed E-state index contributed by atoms with van der Waals surface area (Å²) >= 11 is 0. The van der Waals surface area contributed by atoms with Crippen molar-refractivity contribution in [2.75, 3.05) is 13.7 Å². The van der Waals surface area contributed by atoms with Gasteiger partial charge in [-0.05, 0) is 43.3 Å². The van der Waals surface area contributed by atoms with Crippen LogP contribution in [0.5, 0.6) is 11.5 Å². The lowest BCUT2D eigenvalue weighted by Crippen LogP contribution is -2.34. The largest absolute Gasteiger partial charge is 0.502 e. The number of aryl methyl sites for hydroxylation is 1. The number of benzene rings is 2. The summed E-state index contributed by atoms with van der Waals surface area (Å²) in [5.41, 5.74) is 0.0560. The van der Waals surface area contributed by atoms with Crippen molar-refractivity contribution < 1.29 is 19.1 Å². The molecular weight excluding hydrogens is 438 g/mol. The van der Waals surface area contributed by atoms with E-state index in [0.717, 1.165) is 6.07 Å². The van der Waals surface area contributed by atoms with Crippen molar-refractivity contribution >= 4 is 16.7 Å². The molecule has 0 amide bonds. The summed E-state index contributed by atoms with van der Waals surface area (Å²) in [6, 6.07) is 13.4. The third kappa shape index (κ3) is 4.60. The lowest BCUT2D eigenvalue weighted by molar-refractivity contribution is 0.0925. The molecule has 2 aromatic carbocycles. The van der Waals surface area contributed by atoms with E-state index in [9.17, 15) is 19.5 Å². The number of nitrogens with zero attached hydrogens (tertiary/aromatic N) is 2. The predicted molar refractivity (Wildman–Crippen MR) is 125 cm³/mol. The molecule has 0 spiro atoms. The van der Waals surface area contributed by atoms with Gasteiger partial charge < -0.3 is 14.3 Å². The second kappa shape index (κ2) is 9.72. The van der Waals surface area contributed by atoms with E-state index in [0.29, 0.717) is 22.2 Å². The fraction of sp³-hybridized carbons (Fsp3) is 0.200. The summed E-state index contributed by atoms with van der Waals surface area (Å²) in [6.07, 6.45) is 1.44. The van der Waals surface area contributed by atoms with Gasteiger partial charge in [-0.1, -0.05) is 12.1 Å². The highest BCUT2D eigenvalue weighted by molar-refractivity contribution is 6.00. The normalized spacial score (nSPS) is 11.9. The maximum absolute atomic E-state index is 13.3. The highest BCUT2D eigenvalue weighted by atomic mass is 16.5. The van der Waals surface area contributed by atoms with Gasteiger partial charge in [0.15, 0.2) is 11.5 Å². The SMILES string of the molecule is COc1ccc(C(=O)C(NCCn2cnc3ccccc3c2=O)c2oc(C)cc(=O)c2O)cc1. The number of aromatic hydroxyl groups is 1. The molecule has 0 bridgehead atoms. The van der Waals surface area contributed by atoms with Gasteiger partial charge in [0.05, 0.1) is 24.3 Å². The summed E-state index contributed by atoms with van der Waals surface area (Å²) < 4.78 is 12.1. The molecule has 1 unspecified atom stereocenters. The Labute approximate surface area is 194 Å². The first-order chi connectivity index (χ1) is 16.4. The van der Waals surface area contributed by atoms with E-state index in [1.165, 1.54) is 18.0 Å². The number of hydrogen-bond acceptors (Lipinski definition) is 8. The molecule has 4 aromatic rings. The number of fused-ring (bicyclic) bond motifs is 1. The number of aromatic nitrogens is 2. The highest BCUT2D eigenvalue weighted by Gasteiger charge is 2.28. The smallest absolute Gasteiger partial charge is 0.261 e. The summed E-state index contributed by atoms with van der Waals surface area (Å²) in [5.74, 6) is -0.420. The molecular formula is C25H23N3O6. The number of para-hydroxylation sites is 1. The van der Waals surface area contributed by atoms with Gasteiger partial charge >= 0.3 is 0 Å². The van der Waals surface area contributed by atoms with Crippen LogP contribution < -0.4 is 21.0 Å². The molecule has 0 aliphatic carbocycles. The van der Waals surface area contributed by atoms with Crippen LogP contribution in [0.2, 0.25) is 0 Å². The topological polar surface area (TPSA) is 124 Å². The van der Waals surface area contributed by atoms with Crippen molar-refractivity contribution in [3.63, 3.8) is 0 Å². The Hall–Kier alpha value is -4.24. The van der Waals surface area contributed by atoms with Gasteiger partial charge in [0.1, 0.15) is 17.6 Å². The first kappa shape index (κ1) is 22.9. The molecule has 0 aliphatic heterocycles. The maximum atomic E-state index is 13.3. The quantitative estimate of drug-likeness (QED) is 0.384. The van der Waals surface area contributed by atoms with Gasteiger partial charge in [-0.3, -0.25) is 24.3 Å². The number of carbonyl (C=O) groups excluding carboxylic acids is 1. The molecule has 0 aliphatic rings. The lowest BCUT2D eigenvalue weighted by atomic mass is 10.0. The number of hydrogen-bond donors (Lipinski definition) is 2. The maximum Gasteiger partial charge on any atom is 0.261 e. The van der Waals surface area contributed by atoms with Gasteiger partial charge in [0.25, 0.3) is 5.56 Å². The second-order valence-corrected chi connectivity index (χ2v) is 7.67. The molecule has 34 heavy (non-hydrogen) atoms. The number of ether oxygens (including phenoxy) is 1. The van der Waals surface area contributed by atoms with E-state index in [2.05, 4.69) is 10.3 Å². The van der Waals surface area contributed by atoms with Crippen LogP contribution in [0, 0.1) is 6.92 Å². The molecule has 9 nitrogen and oxygen atoms in total. The first-order valence-electron chi connectivity index (χ1n) is 10.6. The fourth-order valence-electron chi connectivity index (χ4n) is 3.64. The van der Waals surface area contributed by atoms with Crippen molar-refractivity contribution in [3.8, 4) is 11.5 Å². The molecule has 9 heteroatoms. The molecule has 0 saturated carbocycles. The number of methoxy groups -OCH3 is 1. The average molecular weight is 461 g/mol. The minimum Gasteiger partial charge on any atom is -0.502 e. The molecule has 0 saturated heterocycles. The minimum atomic E-state index is -1.16. The van der Waals surface area contributed by atoms with Crippen molar-refractivity contribution in [1.82, 2.24) is 14.9 Å². The highest BCUT2D eigenvalue weighted by Crippen LogP contribution is 2.26.